The zero-order valence-electron chi connectivity index (χ0n) is 10.4. The summed E-state index contributed by atoms with van der Waals surface area (Å²) in [4.78, 5) is 0. The van der Waals surface area contributed by atoms with E-state index in [2.05, 4.69) is 5.32 Å². The monoisotopic (exact) mass is 293 g/mol. The summed E-state index contributed by atoms with van der Waals surface area (Å²) in [5.41, 5.74) is 0.496. The Bertz CT molecular complexity index is 505. The predicted molar refractivity (Wildman–Crippen MR) is 72.3 cm³/mol. The van der Waals surface area contributed by atoms with Gasteiger partial charge in [0, 0.05) is 12.3 Å². The summed E-state index contributed by atoms with van der Waals surface area (Å²) in [6.45, 7) is 0. The summed E-state index contributed by atoms with van der Waals surface area (Å²) in [6.07, 6.45) is 2.05. The fourth-order valence-corrected chi connectivity index (χ4v) is 2.58. The molecule has 0 aliphatic rings. The Labute approximate surface area is 112 Å². The summed E-state index contributed by atoms with van der Waals surface area (Å²) in [6, 6.07) is 4.74. The van der Waals surface area contributed by atoms with E-state index in [0.717, 1.165) is 0 Å². The van der Waals surface area contributed by atoms with Crippen LogP contribution in [0.4, 0.5) is 4.39 Å². The molecule has 1 N–H and O–H groups in total. The summed E-state index contributed by atoms with van der Waals surface area (Å²) in [5.74, 6) is -0.348. The van der Waals surface area contributed by atoms with Gasteiger partial charge in [-0.25, -0.2) is 12.8 Å². The Morgan fingerprint density at radius 3 is 2.67 bits per heavy atom. The van der Waals surface area contributed by atoms with Gasteiger partial charge in [-0.3, -0.25) is 0 Å². The molecule has 1 unspecified atom stereocenters. The fourth-order valence-electron chi connectivity index (χ4n) is 1.68. The molecular weight excluding hydrogens is 277 g/mol. The van der Waals surface area contributed by atoms with Gasteiger partial charge in [0.25, 0.3) is 0 Å². The lowest BCUT2D eigenvalue weighted by Crippen LogP contribution is -2.30. The summed E-state index contributed by atoms with van der Waals surface area (Å²) >= 11 is 5.70. The average molecular weight is 294 g/mol. The van der Waals surface area contributed by atoms with E-state index in [-0.39, 0.29) is 16.8 Å². The van der Waals surface area contributed by atoms with Crippen LogP contribution in [0, 0.1) is 5.82 Å². The van der Waals surface area contributed by atoms with Crippen molar-refractivity contribution in [3.8, 4) is 0 Å². The Balaban J connectivity index is 2.71. The van der Waals surface area contributed by atoms with Crippen molar-refractivity contribution in [2.45, 2.75) is 18.9 Å². The highest BCUT2D eigenvalue weighted by molar-refractivity contribution is 7.90. The maximum absolute atomic E-state index is 13.7. The van der Waals surface area contributed by atoms with E-state index in [1.54, 1.807) is 19.2 Å². The minimum absolute atomic E-state index is 0.0840. The van der Waals surface area contributed by atoms with Crippen LogP contribution >= 0.6 is 11.6 Å². The van der Waals surface area contributed by atoms with Gasteiger partial charge in [-0.2, -0.15) is 0 Å². The second-order valence-electron chi connectivity index (χ2n) is 4.32. The van der Waals surface area contributed by atoms with Gasteiger partial charge < -0.3 is 5.32 Å². The Hall–Kier alpha value is -0.650. The molecule has 1 atom stereocenters. The molecule has 0 aromatic heterocycles. The van der Waals surface area contributed by atoms with Crippen LogP contribution in [-0.4, -0.2) is 33.5 Å². The smallest absolute Gasteiger partial charge is 0.147 e. The van der Waals surface area contributed by atoms with E-state index in [1.165, 1.54) is 12.3 Å². The van der Waals surface area contributed by atoms with Gasteiger partial charge in [0.05, 0.1) is 10.8 Å². The van der Waals surface area contributed by atoms with Crippen LogP contribution in [0.2, 0.25) is 5.02 Å². The van der Waals surface area contributed by atoms with Crippen LogP contribution in [-0.2, 0) is 16.3 Å². The summed E-state index contributed by atoms with van der Waals surface area (Å²) < 4.78 is 35.9. The molecule has 1 aromatic rings. The van der Waals surface area contributed by atoms with Crippen LogP contribution in [0.25, 0.3) is 0 Å². The number of sulfone groups is 1. The topological polar surface area (TPSA) is 46.2 Å². The lowest BCUT2D eigenvalue weighted by atomic mass is 10.0. The standard InChI is InChI=1S/C12H17ClFNO2S/c1-15-10(6-7-18(2,16)17)8-9-4-3-5-11(13)12(9)14/h3-5,10,15H,6-8H2,1-2H3. The largest absolute Gasteiger partial charge is 0.317 e. The first kappa shape index (κ1) is 15.4. The van der Waals surface area contributed by atoms with Gasteiger partial charge in [-0.1, -0.05) is 23.7 Å². The maximum Gasteiger partial charge on any atom is 0.147 e. The lowest BCUT2D eigenvalue weighted by molar-refractivity contribution is 0.518. The van der Waals surface area contributed by atoms with Gasteiger partial charge >= 0.3 is 0 Å². The molecular formula is C12H17ClFNO2S. The highest BCUT2D eigenvalue weighted by Crippen LogP contribution is 2.19. The first-order chi connectivity index (χ1) is 8.33. The van der Waals surface area contributed by atoms with Crippen molar-refractivity contribution in [3.05, 3.63) is 34.6 Å². The van der Waals surface area contributed by atoms with E-state index in [1.807, 2.05) is 0 Å². The molecule has 0 saturated carbocycles. The van der Waals surface area contributed by atoms with Gasteiger partial charge in [-0.15, -0.1) is 0 Å². The second kappa shape index (κ2) is 6.50. The van der Waals surface area contributed by atoms with Gasteiger partial charge in [-0.05, 0) is 31.5 Å². The number of benzene rings is 1. The van der Waals surface area contributed by atoms with Gasteiger partial charge in [0.2, 0.25) is 0 Å². The molecule has 0 spiro atoms. The van der Waals surface area contributed by atoms with Gasteiger partial charge in [0.1, 0.15) is 15.7 Å². The van der Waals surface area contributed by atoms with E-state index in [9.17, 15) is 12.8 Å². The minimum Gasteiger partial charge on any atom is -0.317 e. The molecule has 102 valence electrons. The predicted octanol–water partition coefficient (Wildman–Crippen LogP) is 2.04. The van der Waals surface area contributed by atoms with Gasteiger partial charge in [0.15, 0.2) is 0 Å². The summed E-state index contributed by atoms with van der Waals surface area (Å²) in [5, 5.41) is 3.08. The zero-order valence-corrected chi connectivity index (χ0v) is 12.0. The first-order valence-electron chi connectivity index (χ1n) is 5.61. The van der Waals surface area contributed by atoms with Crippen LogP contribution in [0.15, 0.2) is 18.2 Å². The lowest BCUT2D eigenvalue weighted by Gasteiger charge is -2.16. The normalized spacial score (nSPS) is 13.6. The van der Waals surface area contributed by atoms with E-state index in [4.69, 9.17) is 11.6 Å². The molecule has 6 heteroatoms. The summed E-state index contributed by atoms with van der Waals surface area (Å²) in [7, 11) is -1.27. The number of hydrogen-bond donors (Lipinski definition) is 1. The van der Waals surface area contributed by atoms with E-state index in [0.29, 0.717) is 18.4 Å². The molecule has 1 rings (SSSR count). The molecule has 3 nitrogen and oxygen atoms in total. The molecule has 0 fully saturated rings. The Morgan fingerprint density at radius 2 is 2.11 bits per heavy atom. The molecule has 0 aliphatic heterocycles. The van der Waals surface area contributed by atoms with Crippen molar-refractivity contribution >= 4 is 21.4 Å². The highest BCUT2D eigenvalue weighted by atomic mass is 35.5. The Kier molecular flexibility index (Phi) is 5.56. The molecule has 0 heterocycles. The number of hydrogen-bond acceptors (Lipinski definition) is 3. The third-order valence-electron chi connectivity index (χ3n) is 2.74. The Morgan fingerprint density at radius 1 is 1.44 bits per heavy atom. The van der Waals surface area contributed by atoms with Crippen molar-refractivity contribution in [2.24, 2.45) is 0 Å². The molecule has 1 aromatic carbocycles. The second-order valence-corrected chi connectivity index (χ2v) is 6.99. The third-order valence-corrected chi connectivity index (χ3v) is 4.01. The van der Waals surface area contributed by atoms with Crippen molar-refractivity contribution in [1.82, 2.24) is 5.32 Å². The molecule has 0 saturated heterocycles. The molecule has 0 bridgehead atoms. The van der Waals surface area contributed by atoms with Crippen LogP contribution in [0.3, 0.4) is 0 Å². The highest BCUT2D eigenvalue weighted by Gasteiger charge is 2.14. The average Bonchev–Trinajstić information content (AvgIpc) is 2.28. The quantitative estimate of drug-likeness (QED) is 0.873. The van der Waals surface area contributed by atoms with Crippen molar-refractivity contribution in [1.29, 1.82) is 0 Å². The SMILES string of the molecule is CNC(CCS(C)(=O)=O)Cc1cccc(Cl)c1F. The van der Waals surface area contributed by atoms with Crippen LogP contribution < -0.4 is 5.32 Å². The minimum atomic E-state index is -3.00. The van der Waals surface area contributed by atoms with Crippen molar-refractivity contribution in [2.75, 3.05) is 19.1 Å². The van der Waals surface area contributed by atoms with E-state index < -0.39 is 15.7 Å². The number of likely N-dealkylation sites (N-methyl/N-ethyl adjacent to an activating group) is 1. The van der Waals surface area contributed by atoms with Crippen LogP contribution in [0.1, 0.15) is 12.0 Å². The number of rotatable bonds is 6. The van der Waals surface area contributed by atoms with Crippen molar-refractivity contribution in [3.63, 3.8) is 0 Å². The molecule has 18 heavy (non-hydrogen) atoms. The zero-order chi connectivity index (χ0) is 13.8. The number of halogens is 2. The maximum atomic E-state index is 13.7. The van der Waals surface area contributed by atoms with Crippen LogP contribution in [0.5, 0.6) is 0 Å². The van der Waals surface area contributed by atoms with E-state index >= 15 is 0 Å². The first-order valence-corrected chi connectivity index (χ1v) is 8.05. The molecule has 0 aliphatic carbocycles. The van der Waals surface area contributed by atoms with Crippen molar-refractivity contribution < 1.29 is 12.8 Å². The fraction of sp³-hybridized carbons (Fsp3) is 0.500. The number of nitrogens with one attached hydrogen (secondary N) is 1. The third kappa shape index (κ3) is 4.92. The molecule has 0 amide bonds. The molecule has 0 radical (unpaired) electrons.